The standard InChI is InChI=1S/C14H14F2N2/c15-10-4-6-12(13(16)9-10)14(17)7-5-11-3-1-2-8-18-11/h1-4,6,8-9,14H,5,7,17H2. The molecular formula is C14H14F2N2. The van der Waals surface area contributed by atoms with E-state index in [0.29, 0.717) is 18.4 Å². The molecule has 1 unspecified atom stereocenters. The molecule has 94 valence electrons. The largest absolute Gasteiger partial charge is 0.324 e. The third kappa shape index (κ3) is 3.11. The molecule has 0 aliphatic rings. The van der Waals surface area contributed by atoms with Crippen LogP contribution in [0.1, 0.15) is 23.7 Å². The molecule has 2 N–H and O–H groups in total. The van der Waals surface area contributed by atoms with Crippen molar-refractivity contribution in [3.63, 3.8) is 0 Å². The van der Waals surface area contributed by atoms with Crippen molar-refractivity contribution in [2.45, 2.75) is 18.9 Å². The van der Waals surface area contributed by atoms with E-state index in [4.69, 9.17) is 5.73 Å². The molecule has 0 bridgehead atoms. The number of hydrogen-bond donors (Lipinski definition) is 1. The first-order chi connectivity index (χ1) is 8.66. The van der Waals surface area contributed by atoms with Crippen LogP contribution in [-0.2, 0) is 6.42 Å². The monoisotopic (exact) mass is 248 g/mol. The van der Waals surface area contributed by atoms with Gasteiger partial charge in [-0.15, -0.1) is 0 Å². The van der Waals surface area contributed by atoms with E-state index >= 15 is 0 Å². The Morgan fingerprint density at radius 3 is 2.67 bits per heavy atom. The van der Waals surface area contributed by atoms with Crippen molar-refractivity contribution in [3.05, 3.63) is 65.5 Å². The van der Waals surface area contributed by atoms with Gasteiger partial charge in [0.05, 0.1) is 0 Å². The van der Waals surface area contributed by atoms with Crippen molar-refractivity contribution in [1.29, 1.82) is 0 Å². The van der Waals surface area contributed by atoms with Crippen LogP contribution in [-0.4, -0.2) is 4.98 Å². The number of hydrogen-bond acceptors (Lipinski definition) is 2. The SMILES string of the molecule is NC(CCc1ccccn1)c1ccc(F)cc1F. The molecule has 1 aromatic heterocycles. The van der Waals surface area contributed by atoms with Crippen LogP contribution in [0, 0.1) is 11.6 Å². The average Bonchev–Trinajstić information content (AvgIpc) is 2.37. The second kappa shape index (κ2) is 5.69. The molecule has 0 amide bonds. The van der Waals surface area contributed by atoms with Gasteiger partial charge < -0.3 is 5.73 Å². The molecule has 18 heavy (non-hydrogen) atoms. The minimum Gasteiger partial charge on any atom is -0.324 e. The van der Waals surface area contributed by atoms with Gasteiger partial charge >= 0.3 is 0 Å². The summed E-state index contributed by atoms with van der Waals surface area (Å²) in [7, 11) is 0. The molecule has 0 aliphatic carbocycles. The minimum absolute atomic E-state index is 0.340. The molecule has 0 saturated carbocycles. The van der Waals surface area contributed by atoms with Crippen LogP contribution in [0.5, 0.6) is 0 Å². The van der Waals surface area contributed by atoms with Crippen molar-refractivity contribution in [2.75, 3.05) is 0 Å². The molecule has 0 aliphatic heterocycles. The summed E-state index contributed by atoms with van der Waals surface area (Å²) < 4.78 is 26.3. The summed E-state index contributed by atoms with van der Waals surface area (Å²) in [5.74, 6) is -1.18. The molecule has 1 aromatic carbocycles. The lowest BCUT2D eigenvalue weighted by atomic mass is 10.0. The van der Waals surface area contributed by atoms with Crippen LogP contribution >= 0.6 is 0 Å². The summed E-state index contributed by atoms with van der Waals surface area (Å²) in [5.41, 5.74) is 7.16. The summed E-state index contributed by atoms with van der Waals surface area (Å²) >= 11 is 0. The number of aryl methyl sites for hydroxylation is 1. The number of pyridine rings is 1. The number of halogens is 2. The molecule has 4 heteroatoms. The molecule has 0 radical (unpaired) electrons. The van der Waals surface area contributed by atoms with Crippen molar-refractivity contribution >= 4 is 0 Å². The Labute approximate surface area is 104 Å². The molecule has 2 rings (SSSR count). The Kier molecular flexibility index (Phi) is 3.99. The first-order valence-electron chi connectivity index (χ1n) is 5.77. The Morgan fingerprint density at radius 1 is 1.17 bits per heavy atom. The lowest BCUT2D eigenvalue weighted by molar-refractivity contribution is 0.542. The van der Waals surface area contributed by atoms with E-state index < -0.39 is 17.7 Å². The summed E-state index contributed by atoms with van der Waals surface area (Å²) in [6.07, 6.45) is 2.94. The van der Waals surface area contributed by atoms with Gasteiger partial charge in [-0.1, -0.05) is 12.1 Å². The highest BCUT2D eigenvalue weighted by Crippen LogP contribution is 2.20. The number of rotatable bonds is 4. The van der Waals surface area contributed by atoms with Crippen LogP contribution < -0.4 is 5.73 Å². The van der Waals surface area contributed by atoms with Gasteiger partial charge in [-0.2, -0.15) is 0 Å². The zero-order chi connectivity index (χ0) is 13.0. The zero-order valence-corrected chi connectivity index (χ0v) is 9.81. The Morgan fingerprint density at radius 2 is 2.00 bits per heavy atom. The smallest absolute Gasteiger partial charge is 0.130 e. The predicted octanol–water partition coefficient (Wildman–Crippen LogP) is 2.99. The predicted molar refractivity (Wildman–Crippen MR) is 65.8 cm³/mol. The van der Waals surface area contributed by atoms with E-state index in [9.17, 15) is 8.78 Å². The molecule has 0 spiro atoms. The second-order valence-electron chi connectivity index (χ2n) is 4.13. The first-order valence-corrected chi connectivity index (χ1v) is 5.77. The van der Waals surface area contributed by atoms with Gasteiger partial charge in [0.1, 0.15) is 11.6 Å². The van der Waals surface area contributed by atoms with Crippen LogP contribution in [0.4, 0.5) is 8.78 Å². The number of nitrogens with two attached hydrogens (primary N) is 1. The molecule has 0 saturated heterocycles. The molecule has 1 heterocycles. The Hall–Kier alpha value is -1.81. The molecule has 2 nitrogen and oxygen atoms in total. The van der Waals surface area contributed by atoms with Gasteiger partial charge in [0, 0.05) is 29.6 Å². The molecule has 1 atom stereocenters. The number of aromatic nitrogens is 1. The van der Waals surface area contributed by atoms with Gasteiger partial charge in [-0.25, -0.2) is 8.78 Å². The first kappa shape index (κ1) is 12.6. The van der Waals surface area contributed by atoms with E-state index in [1.54, 1.807) is 6.20 Å². The average molecular weight is 248 g/mol. The zero-order valence-electron chi connectivity index (χ0n) is 9.81. The maximum atomic E-state index is 13.5. The Balaban J connectivity index is 2.01. The van der Waals surface area contributed by atoms with E-state index in [1.807, 2.05) is 18.2 Å². The molecule has 2 aromatic rings. The highest BCUT2D eigenvalue weighted by molar-refractivity contribution is 5.22. The van der Waals surface area contributed by atoms with Crippen LogP contribution in [0.3, 0.4) is 0 Å². The molecular weight excluding hydrogens is 234 g/mol. The highest BCUT2D eigenvalue weighted by Gasteiger charge is 2.12. The van der Waals surface area contributed by atoms with E-state index in [1.165, 1.54) is 12.1 Å². The second-order valence-corrected chi connectivity index (χ2v) is 4.13. The van der Waals surface area contributed by atoms with E-state index in [-0.39, 0.29) is 0 Å². The summed E-state index contributed by atoms with van der Waals surface area (Å²) in [6, 6.07) is 8.65. The third-order valence-corrected chi connectivity index (χ3v) is 2.80. The van der Waals surface area contributed by atoms with Gasteiger partial charge in [0.2, 0.25) is 0 Å². The highest BCUT2D eigenvalue weighted by atomic mass is 19.1. The number of benzene rings is 1. The van der Waals surface area contributed by atoms with E-state index in [2.05, 4.69) is 4.98 Å². The van der Waals surface area contributed by atoms with Gasteiger partial charge in [0.15, 0.2) is 0 Å². The quantitative estimate of drug-likeness (QED) is 0.903. The fourth-order valence-electron chi connectivity index (χ4n) is 1.81. The van der Waals surface area contributed by atoms with Gasteiger partial charge in [0.25, 0.3) is 0 Å². The summed E-state index contributed by atoms with van der Waals surface area (Å²) in [4.78, 5) is 4.17. The Bertz CT molecular complexity index is 514. The minimum atomic E-state index is -0.594. The normalized spacial score (nSPS) is 12.4. The lowest BCUT2D eigenvalue weighted by Crippen LogP contribution is -2.13. The van der Waals surface area contributed by atoms with Gasteiger partial charge in [-0.3, -0.25) is 4.98 Å². The van der Waals surface area contributed by atoms with Crippen molar-refractivity contribution in [2.24, 2.45) is 5.73 Å². The fourth-order valence-corrected chi connectivity index (χ4v) is 1.81. The van der Waals surface area contributed by atoms with E-state index in [0.717, 1.165) is 11.8 Å². The fraction of sp³-hybridized carbons (Fsp3) is 0.214. The maximum Gasteiger partial charge on any atom is 0.130 e. The van der Waals surface area contributed by atoms with Crippen molar-refractivity contribution < 1.29 is 8.78 Å². The third-order valence-electron chi connectivity index (χ3n) is 2.80. The van der Waals surface area contributed by atoms with Crippen LogP contribution in [0.2, 0.25) is 0 Å². The van der Waals surface area contributed by atoms with Crippen LogP contribution in [0.15, 0.2) is 42.6 Å². The van der Waals surface area contributed by atoms with Crippen molar-refractivity contribution in [1.82, 2.24) is 4.98 Å². The van der Waals surface area contributed by atoms with Crippen LogP contribution in [0.25, 0.3) is 0 Å². The summed E-state index contributed by atoms with van der Waals surface area (Å²) in [6.45, 7) is 0. The number of nitrogens with zero attached hydrogens (tertiary/aromatic N) is 1. The van der Waals surface area contributed by atoms with Crippen molar-refractivity contribution in [3.8, 4) is 0 Å². The lowest BCUT2D eigenvalue weighted by Gasteiger charge is -2.12. The maximum absolute atomic E-state index is 13.5. The van der Waals surface area contributed by atoms with Gasteiger partial charge in [-0.05, 0) is 31.0 Å². The summed E-state index contributed by atoms with van der Waals surface area (Å²) in [5, 5.41) is 0. The molecule has 0 fully saturated rings. The topological polar surface area (TPSA) is 38.9 Å².